The molecule has 0 aromatic heterocycles. The molecule has 0 aliphatic rings. The highest BCUT2D eigenvalue weighted by molar-refractivity contribution is 7.47. The number of carbonyl (C=O) groups is 4. The maximum Gasteiger partial charge on any atom is 0.472 e. The molecule has 5 atom stereocenters. The molecule has 0 aromatic rings. The molecule has 0 spiro atoms. The van der Waals surface area contributed by atoms with Crippen molar-refractivity contribution in [2.24, 2.45) is 5.92 Å². The molecular formula is C83H162O17P2. The van der Waals surface area contributed by atoms with Gasteiger partial charge in [0.05, 0.1) is 26.4 Å². The molecule has 0 radical (unpaired) electrons. The molecule has 0 aliphatic carbocycles. The Kier molecular flexibility index (Phi) is 74.4. The van der Waals surface area contributed by atoms with Gasteiger partial charge in [0.25, 0.3) is 0 Å². The van der Waals surface area contributed by atoms with Crippen LogP contribution in [0.2, 0.25) is 0 Å². The second-order valence-electron chi connectivity index (χ2n) is 30.3. The van der Waals surface area contributed by atoms with E-state index in [4.69, 9.17) is 37.0 Å². The van der Waals surface area contributed by atoms with Gasteiger partial charge in [-0.05, 0) is 31.6 Å². The Balaban J connectivity index is 5.22. The fourth-order valence-electron chi connectivity index (χ4n) is 12.9. The number of esters is 4. The van der Waals surface area contributed by atoms with E-state index in [1.54, 1.807) is 0 Å². The Hall–Kier alpha value is -1.94. The summed E-state index contributed by atoms with van der Waals surface area (Å²) >= 11 is 0. The number of carbonyl (C=O) groups excluding carboxylic acids is 4. The average molecular weight is 1490 g/mol. The van der Waals surface area contributed by atoms with Gasteiger partial charge in [-0.15, -0.1) is 0 Å². The van der Waals surface area contributed by atoms with E-state index in [1.165, 1.54) is 270 Å². The third-order valence-electron chi connectivity index (χ3n) is 19.5. The summed E-state index contributed by atoms with van der Waals surface area (Å²) in [6.07, 6.45) is 68.1. The van der Waals surface area contributed by atoms with Crippen LogP contribution in [-0.2, 0) is 65.4 Å². The van der Waals surface area contributed by atoms with E-state index < -0.39 is 97.5 Å². The minimum absolute atomic E-state index is 0.107. The molecule has 0 fully saturated rings. The predicted molar refractivity (Wildman–Crippen MR) is 418 cm³/mol. The SMILES string of the molecule is CCCCCCCCCCCCCCCCCCCCCCC(=O)O[C@H](COC(=O)CCCCCCCCCCCCCCCCCCCCC)COP(=O)(O)OC[C@@H](O)COP(=O)(O)OC[C@@H](COC(=O)CCCCCCCCCCCC)OC(=O)CCCCCCCCCCCCC(C)C. The highest BCUT2D eigenvalue weighted by Gasteiger charge is 2.30. The largest absolute Gasteiger partial charge is 0.472 e. The second kappa shape index (κ2) is 75.9. The van der Waals surface area contributed by atoms with Gasteiger partial charge in [-0.25, -0.2) is 9.13 Å². The van der Waals surface area contributed by atoms with E-state index in [0.29, 0.717) is 25.7 Å². The van der Waals surface area contributed by atoms with Crippen LogP contribution < -0.4 is 0 Å². The van der Waals surface area contributed by atoms with Crippen LogP contribution in [0.15, 0.2) is 0 Å². The first kappa shape index (κ1) is 100. The number of unbranched alkanes of at least 4 members (excludes halogenated alkanes) is 55. The lowest BCUT2D eigenvalue weighted by molar-refractivity contribution is -0.161. The summed E-state index contributed by atoms with van der Waals surface area (Å²) in [6, 6.07) is 0. The summed E-state index contributed by atoms with van der Waals surface area (Å²) in [4.78, 5) is 73.1. The number of aliphatic hydroxyl groups is 1. The summed E-state index contributed by atoms with van der Waals surface area (Å²) in [5, 5.41) is 10.6. The maximum atomic E-state index is 13.1. The van der Waals surface area contributed by atoms with Crippen LogP contribution in [0, 0.1) is 5.92 Å². The lowest BCUT2D eigenvalue weighted by Gasteiger charge is -2.21. The molecule has 0 bridgehead atoms. The first-order valence-electron chi connectivity index (χ1n) is 43.1. The zero-order chi connectivity index (χ0) is 74.8. The molecule has 17 nitrogen and oxygen atoms in total. The van der Waals surface area contributed by atoms with Crippen LogP contribution in [0.3, 0.4) is 0 Å². The zero-order valence-corrected chi connectivity index (χ0v) is 68.5. The number of rotatable bonds is 83. The summed E-state index contributed by atoms with van der Waals surface area (Å²) in [7, 11) is -9.92. The summed E-state index contributed by atoms with van der Waals surface area (Å²) in [5.41, 5.74) is 0. The average Bonchev–Trinajstić information content (AvgIpc) is 0.953. The standard InChI is InChI=1S/C83H162O17P2/c1-6-9-12-15-18-21-24-26-28-30-32-34-36-38-40-42-48-53-58-63-68-82(87)99-79(73-94-81(86)67-62-57-52-47-41-39-37-35-33-31-29-27-25-22-19-16-13-10-7-2)75-98-102(91,92)96-71-77(84)70-95-101(89,90)97-74-78(72-93-80(85)66-61-56-51-46-23-20-17-14-11-8-3)100-83(88)69-64-59-54-49-44-43-45-50-55-60-65-76(4)5/h76-79,84H,6-75H2,1-5H3,(H,89,90)(H,91,92)/t77-,78+,79+/m0/s1. The van der Waals surface area contributed by atoms with Crippen LogP contribution in [0.1, 0.15) is 446 Å². The molecule has 0 amide bonds. The van der Waals surface area contributed by atoms with Gasteiger partial charge in [0.1, 0.15) is 19.3 Å². The Morgan fingerprint density at radius 2 is 0.451 bits per heavy atom. The van der Waals surface area contributed by atoms with Gasteiger partial charge in [-0.1, -0.05) is 394 Å². The number of hydrogen-bond donors (Lipinski definition) is 3. The van der Waals surface area contributed by atoms with Crippen LogP contribution in [-0.4, -0.2) is 96.7 Å². The van der Waals surface area contributed by atoms with Crippen LogP contribution >= 0.6 is 15.6 Å². The Bertz CT molecular complexity index is 1940. The summed E-state index contributed by atoms with van der Waals surface area (Å²) in [6.45, 7) is 7.32. The smallest absolute Gasteiger partial charge is 0.462 e. The second-order valence-corrected chi connectivity index (χ2v) is 33.3. The van der Waals surface area contributed by atoms with Gasteiger partial charge < -0.3 is 33.8 Å². The first-order chi connectivity index (χ1) is 49.5. The van der Waals surface area contributed by atoms with Crippen LogP contribution in [0.25, 0.3) is 0 Å². The molecule has 0 saturated carbocycles. The van der Waals surface area contributed by atoms with E-state index in [-0.39, 0.29) is 25.7 Å². The summed E-state index contributed by atoms with van der Waals surface area (Å²) < 4.78 is 68.8. The van der Waals surface area contributed by atoms with E-state index >= 15 is 0 Å². The minimum Gasteiger partial charge on any atom is -0.462 e. The predicted octanol–water partition coefficient (Wildman–Crippen LogP) is 25.2. The molecule has 0 rings (SSSR count). The van der Waals surface area contributed by atoms with Crippen molar-refractivity contribution in [2.45, 2.75) is 464 Å². The number of ether oxygens (including phenoxy) is 4. The van der Waals surface area contributed by atoms with Crippen LogP contribution in [0.4, 0.5) is 0 Å². The van der Waals surface area contributed by atoms with Gasteiger partial charge in [-0.2, -0.15) is 0 Å². The van der Waals surface area contributed by atoms with Crippen molar-refractivity contribution in [1.29, 1.82) is 0 Å². The molecule has 0 aromatic carbocycles. The molecule has 0 heterocycles. The number of hydrogen-bond acceptors (Lipinski definition) is 15. The molecule has 0 saturated heterocycles. The molecule has 102 heavy (non-hydrogen) atoms. The molecule has 0 aliphatic heterocycles. The van der Waals surface area contributed by atoms with Crippen molar-refractivity contribution >= 4 is 39.5 Å². The Morgan fingerprint density at radius 3 is 0.667 bits per heavy atom. The van der Waals surface area contributed by atoms with Crippen molar-refractivity contribution in [3.63, 3.8) is 0 Å². The molecule has 2 unspecified atom stereocenters. The van der Waals surface area contributed by atoms with Crippen molar-refractivity contribution in [1.82, 2.24) is 0 Å². The third kappa shape index (κ3) is 76.3. The number of phosphoric acid groups is 2. The zero-order valence-electron chi connectivity index (χ0n) is 66.8. The fraction of sp³-hybridized carbons (Fsp3) is 0.952. The normalized spacial score (nSPS) is 13.8. The molecular weight excluding hydrogens is 1330 g/mol. The van der Waals surface area contributed by atoms with Gasteiger partial charge in [0, 0.05) is 25.7 Å². The van der Waals surface area contributed by atoms with E-state index in [2.05, 4.69) is 34.6 Å². The first-order valence-corrected chi connectivity index (χ1v) is 46.1. The summed E-state index contributed by atoms with van der Waals surface area (Å²) in [5.74, 6) is -1.35. The minimum atomic E-state index is -4.96. The quantitative estimate of drug-likeness (QED) is 0.0222. The van der Waals surface area contributed by atoms with Gasteiger partial charge >= 0.3 is 39.5 Å². The number of aliphatic hydroxyl groups excluding tert-OH is 1. The maximum absolute atomic E-state index is 13.1. The van der Waals surface area contributed by atoms with E-state index in [9.17, 15) is 43.2 Å². The topological polar surface area (TPSA) is 237 Å². The third-order valence-corrected chi connectivity index (χ3v) is 21.4. The van der Waals surface area contributed by atoms with Crippen molar-refractivity contribution in [3.05, 3.63) is 0 Å². The van der Waals surface area contributed by atoms with Crippen LogP contribution in [0.5, 0.6) is 0 Å². The van der Waals surface area contributed by atoms with E-state index in [0.717, 1.165) is 95.8 Å². The van der Waals surface area contributed by atoms with Crippen molar-refractivity contribution in [2.75, 3.05) is 39.6 Å². The van der Waals surface area contributed by atoms with Crippen molar-refractivity contribution < 1.29 is 80.2 Å². The van der Waals surface area contributed by atoms with Gasteiger partial charge in [0.15, 0.2) is 12.2 Å². The molecule has 606 valence electrons. The molecule has 19 heteroatoms. The van der Waals surface area contributed by atoms with Gasteiger partial charge in [0.2, 0.25) is 0 Å². The van der Waals surface area contributed by atoms with Gasteiger partial charge in [-0.3, -0.25) is 37.3 Å². The monoisotopic (exact) mass is 1490 g/mol. The Labute approximate surface area is 626 Å². The molecule has 3 N–H and O–H groups in total. The number of phosphoric ester groups is 2. The lowest BCUT2D eigenvalue weighted by Crippen LogP contribution is -2.30. The van der Waals surface area contributed by atoms with E-state index in [1.807, 2.05) is 0 Å². The lowest BCUT2D eigenvalue weighted by atomic mass is 10.0. The highest BCUT2D eigenvalue weighted by atomic mass is 31.2. The fourth-order valence-corrected chi connectivity index (χ4v) is 14.5. The Morgan fingerprint density at radius 1 is 0.265 bits per heavy atom. The van der Waals surface area contributed by atoms with Crippen molar-refractivity contribution in [3.8, 4) is 0 Å². The highest BCUT2D eigenvalue weighted by Crippen LogP contribution is 2.45.